The summed E-state index contributed by atoms with van der Waals surface area (Å²) in [7, 11) is 0. The van der Waals surface area contributed by atoms with Crippen molar-refractivity contribution in [1.82, 2.24) is 0 Å². The summed E-state index contributed by atoms with van der Waals surface area (Å²) in [6.07, 6.45) is 0. The Morgan fingerprint density at radius 3 is 0.500 bits per heavy atom. The van der Waals surface area contributed by atoms with E-state index in [9.17, 15) is 0 Å². The molecule has 0 aromatic heterocycles. The lowest BCUT2D eigenvalue weighted by Gasteiger charge is -2.24. The van der Waals surface area contributed by atoms with Crippen molar-refractivity contribution in [3.05, 3.63) is 303 Å². The van der Waals surface area contributed by atoms with Crippen LogP contribution in [0, 0.1) is 0 Å². The molecule has 0 saturated carbocycles. The van der Waals surface area contributed by atoms with Crippen LogP contribution in [0.2, 0.25) is 0 Å². The topological polar surface area (TPSA) is 0 Å². The number of rotatable bonds is 8. The van der Waals surface area contributed by atoms with Gasteiger partial charge in [0.2, 0.25) is 0 Å². The molecule has 0 bridgehead atoms. The molecule has 0 heteroatoms. The predicted molar refractivity (Wildman–Crippen MR) is 344 cm³/mol. The zero-order valence-corrected chi connectivity index (χ0v) is 43.9. The van der Waals surface area contributed by atoms with Crippen LogP contribution in [-0.4, -0.2) is 0 Å². The fourth-order valence-electron chi connectivity index (χ4n) is 13.5. The Balaban J connectivity index is 1.06. The molecule has 0 heterocycles. The summed E-state index contributed by atoms with van der Waals surface area (Å²) in [6.45, 7) is 0. The van der Waals surface area contributed by atoms with Gasteiger partial charge in [-0.2, -0.15) is 0 Å². The fourth-order valence-corrected chi connectivity index (χ4v) is 13.5. The molecule has 0 amide bonds. The Hall–Kier alpha value is -10.4. The lowest BCUT2D eigenvalue weighted by molar-refractivity contribution is 1.62. The molecule has 0 aliphatic carbocycles. The lowest BCUT2D eigenvalue weighted by atomic mass is 9.79. The summed E-state index contributed by atoms with van der Waals surface area (Å²) in [4.78, 5) is 0. The van der Waals surface area contributed by atoms with E-state index >= 15 is 0 Å². The summed E-state index contributed by atoms with van der Waals surface area (Å²) in [5.41, 5.74) is 19.5. The van der Waals surface area contributed by atoms with Crippen molar-refractivity contribution in [3.63, 3.8) is 0 Å². The van der Waals surface area contributed by atoms with Crippen molar-refractivity contribution in [2.24, 2.45) is 0 Å². The van der Waals surface area contributed by atoms with Gasteiger partial charge in [-0.1, -0.05) is 291 Å². The van der Waals surface area contributed by atoms with Crippen LogP contribution >= 0.6 is 0 Å². The normalized spacial score (nSPS) is 11.8. The van der Waals surface area contributed by atoms with Gasteiger partial charge in [-0.3, -0.25) is 0 Å². The van der Waals surface area contributed by atoms with Crippen molar-refractivity contribution < 1.29 is 0 Å². The molecule has 16 aromatic rings. The molecule has 0 aliphatic rings. The number of benzene rings is 16. The molecule has 0 aliphatic heterocycles. The van der Waals surface area contributed by atoms with Gasteiger partial charge in [-0.05, 0) is 177 Å². The van der Waals surface area contributed by atoms with Gasteiger partial charge in [-0.15, -0.1) is 0 Å². The third-order valence-electron chi connectivity index (χ3n) is 17.1. The summed E-state index contributed by atoms with van der Waals surface area (Å²) >= 11 is 0. The summed E-state index contributed by atoms with van der Waals surface area (Å²) in [5, 5.41) is 17.4. The van der Waals surface area contributed by atoms with Crippen LogP contribution in [0.25, 0.3) is 164 Å². The molecule has 370 valence electrons. The number of hydrogen-bond donors (Lipinski definition) is 0. The molecular weight excluding hydrogens is 961 g/mol. The highest BCUT2D eigenvalue weighted by Crippen LogP contribution is 2.52. The number of hydrogen-bond acceptors (Lipinski definition) is 0. The van der Waals surface area contributed by atoms with Crippen molar-refractivity contribution in [2.45, 2.75) is 0 Å². The standard InChI is InChI=1S/C80H50/c1-5-21-51(22-6-1)55-37-41-67(63-33-17-13-29-59(55)63)75-49-76(68-42-38-56(52-23-7-2-8-24-52)60-30-14-18-34-64(60)68)72-47-48-74-78(70-44-40-58(54-27-11-4-12-28-54)62-32-16-20-36-66(62)70)50-77(73-46-45-71(75)79(72)80(73)74)69-43-39-57(53-25-9-3-10-26-53)61-31-15-19-35-65(61)69/h1-50H. The van der Waals surface area contributed by atoms with Gasteiger partial charge in [-0.25, -0.2) is 0 Å². The molecule has 16 rings (SSSR count). The summed E-state index contributed by atoms with van der Waals surface area (Å²) < 4.78 is 0. The number of fused-ring (bicyclic) bond motifs is 4. The van der Waals surface area contributed by atoms with Gasteiger partial charge in [0.25, 0.3) is 0 Å². The van der Waals surface area contributed by atoms with E-state index in [4.69, 9.17) is 0 Å². The highest BCUT2D eigenvalue weighted by molar-refractivity contribution is 6.34. The molecular formula is C80H50. The first-order valence-corrected chi connectivity index (χ1v) is 27.8. The minimum Gasteiger partial charge on any atom is -0.0622 e. The Labute approximate surface area is 465 Å². The van der Waals surface area contributed by atoms with E-state index in [2.05, 4.69) is 303 Å². The maximum Gasteiger partial charge on any atom is -0.00139 e. The van der Waals surface area contributed by atoms with Crippen LogP contribution in [0.1, 0.15) is 0 Å². The van der Waals surface area contributed by atoms with E-state index in [1.165, 1.54) is 164 Å². The van der Waals surface area contributed by atoms with E-state index in [-0.39, 0.29) is 0 Å². The van der Waals surface area contributed by atoms with Gasteiger partial charge in [0, 0.05) is 0 Å². The second-order valence-electron chi connectivity index (χ2n) is 21.3. The largest absolute Gasteiger partial charge is 0.0622 e. The predicted octanol–water partition coefficient (Wildman–Crippen LogP) is 22.5. The van der Waals surface area contributed by atoms with E-state index in [1.54, 1.807) is 0 Å². The van der Waals surface area contributed by atoms with Gasteiger partial charge >= 0.3 is 0 Å². The van der Waals surface area contributed by atoms with Gasteiger partial charge in [0.15, 0.2) is 0 Å². The average Bonchev–Trinajstić information content (AvgIpc) is 3.70. The maximum absolute atomic E-state index is 2.52. The minimum absolute atomic E-state index is 1.21. The second kappa shape index (κ2) is 18.7. The molecule has 0 spiro atoms. The molecule has 0 N–H and O–H groups in total. The minimum atomic E-state index is 1.21. The third-order valence-corrected chi connectivity index (χ3v) is 17.1. The van der Waals surface area contributed by atoms with Crippen molar-refractivity contribution in [1.29, 1.82) is 0 Å². The molecule has 0 saturated heterocycles. The second-order valence-corrected chi connectivity index (χ2v) is 21.3. The highest BCUT2D eigenvalue weighted by Gasteiger charge is 2.25. The monoisotopic (exact) mass is 1010 g/mol. The molecule has 0 unspecified atom stereocenters. The average molecular weight is 1010 g/mol. The molecule has 0 nitrogen and oxygen atoms in total. The van der Waals surface area contributed by atoms with E-state index in [0.29, 0.717) is 0 Å². The molecule has 0 fully saturated rings. The van der Waals surface area contributed by atoms with Crippen LogP contribution in [0.4, 0.5) is 0 Å². The van der Waals surface area contributed by atoms with Crippen molar-refractivity contribution >= 4 is 75.4 Å². The first-order valence-electron chi connectivity index (χ1n) is 27.8. The van der Waals surface area contributed by atoms with Crippen molar-refractivity contribution in [2.75, 3.05) is 0 Å². The Morgan fingerprint density at radius 1 is 0.113 bits per heavy atom. The van der Waals surface area contributed by atoms with Gasteiger partial charge in [0.1, 0.15) is 0 Å². The first-order chi connectivity index (χ1) is 39.7. The maximum atomic E-state index is 2.52. The van der Waals surface area contributed by atoms with Gasteiger partial charge < -0.3 is 0 Å². The molecule has 0 radical (unpaired) electrons. The Morgan fingerprint density at radius 2 is 0.287 bits per heavy atom. The van der Waals surface area contributed by atoms with Crippen molar-refractivity contribution in [3.8, 4) is 89.0 Å². The summed E-state index contributed by atoms with van der Waals surface area (Å²) in [6, 6.07) is 113. The first kappa shape index (κ1) is 45.8. The smallest absolute Gasteiger partial charge is 0.00139 e. The van der Waals surface area contributed by atoms with E-state index in [0.717, 1.165) is 0 Å². The third kappa shape index (κ3) is 7.23. The van der Waals surface area contributed by atoms with Crippen LogP contribution < -0.4 is 0 Å². The van der Waals surface area contributed by atoms with Crippen LogP contribution in [0.15, 0.2) is 303 Å². The van der Waals surface area contributed by atoms with E-state index in [1.807, 2.05) is 0 Å². The van der Waals surface area contributed by atoms with E-state index < -0.39 is 0 Å². The van der Waals surface area contributed by atoms with Crippen LogP contribution in [-0.2, 0) is 0 Å². The molecule has 0 atom stereocenters. The Bertz CT molecular complexity index is 4440. The summed E-state index contributed by atoms with van der Waals surface area (Å²) in [5.74, 6) is 0. The zero-order chi connectivity index (χ0) is 52.7. The zero-order valence-electron chi connectivity index (χ0n) is 43.9. The SMILES string of the molecule is c1ccc(-c2ccc(-c3cc(-c4ccc(-c5ccccc5)c5ccccc45)c4ccc5c(-c6ccc(-c7ccccc7)c7ccccc67)cc(-c6ccc(-c7ccccc7)c7ccccc67)c6ccc3c4c65)c3ccccc23)cc1. The quantitative estimate of drug-likeness (QED) is 0.133. The van der Waals surface area contributed by atoms with Crippen LogP contribution in [0.3, 0.4) is 0 Å². The van der Waals surface area contributed by atoms with Gasteiger partial charge in [0.05, 0.1) is 0 Å². The molecule has 80 heavy (non-hydrogen) atoms. The van der Waals surface area contributed by atoms with Crippen LogP contribution in [0.5, 0.6) is 0 Å². The molecule has 16 aromatic carbocycles. The lowest BCUT2D eigenvalue weighted by Crippen LogP contribution is -1.96. The fraction of sp³-hybridized carbons (Fsp3) is 0. The Kier molecular flexibility index (Phi) is 10.7. The highest BCUT2D eigenvalue weighted by atomic mass is 14.3.